The standard InChI is InChI=1S/C22H21N3O3/c1-25-19-10-6-5-9-18(19)22(21(25)27,13-16-7-3-2-4-8-16)14-20(26)23-15-17-11-12-24-28-17/h2-12H,13-15H2,1H3,(H,23,26). The number of nitrogens with one attached hydrogen (secondary N) is 1. The minimum absolute atomic E-state index is 0.0626. The number of nitrogens with zero attached hydrogens (tertiary/aromatic N) is 2. The van der Waals surface area contributed by atoms with Crippen LogP contribution in [0.4, 0.5) is 5.69 Å². The molecule has 0 saturated carbocycles. The molecule has 6 nitrogen and oxygen atoms in total. The molecule has 1 aromatic heterocycles. The number of benzene rings is 2. The van der Waals surface area contributed by atoms with Crippen LogP contribution in [0.1, 0.15) is 23.3 Å². The Hall–Kier alpha value is -3.41. The molecule has 1 atom stereocenters. The van der Waals surface area contributed by atoms with Gasteiger partial charge in [0.2, 0.25) is 11.8 Å². The molecule has 2 heterocycles. The molecule has 4 rings (SSSR count). The van der Waals surface area contributed by atoms with E-state index < -0.39 is 5.41 Å². The van der Waals surface area contributed by atoms with Crippen molar-refractivity contribution in [3.63, 3.8) is 0 Å². The molecule has 0 fully saturated rings. The van der Waals surface area contributed by atoms with Crippen molar-refractivity contribution in [2.75, 3.05) is 11.9 Å². The Labute approximate surface area is 163 Å². The maximum absolute atomic E-state index is 13.4. The number of anilines is 1. The fourth-order valence-corrected chi connectivity index (χ4v) is 3.92. The molecule has 3 aromatic rings. The van der Waals surface area contributed by atoms with Crippen LogP contribution in [0, 0.1) is 0 Å². The first-order valence-electron chi connectivity index (χ1n) is 9.18. The van der Waals surface area contributed by atoms with Crippen LogP contribution < -0.4 is 10.2 Å². The van der Waals surface area contributed by atoms with Crippen molar-refractivity contribution in [3.8, 4) is 0 Å². The average molecular weight is 375 g/mol. The molecule has 0 aliphatic carbocycles. The lowest BCUT2D eigenvalue weighted by atomic mass is 9.73. The lowest BCUT2D eigenvalue weighted by Crippen LogP contribution is -2.44. The molecule has 1 unspecified atom stereocenters. The predicted molar refractivity (Wildman–Crippen MR) is 105 cm³/mol. The van der Waals surface area contributed by atoms with E-state index in [0.717, 1.165) is 16.8 Å². The first-order valence-corrected chi connectivity index (χ1v) is 9.18. The summed E-state index contributed by atoms with van der Waals surface area (Å²) in [5.74, 6) is 0.305. The van der Waals surface area contributed by atoms with Gasteiger partial charge in [0.05, 0.1) is 18.2 Å². The largest absolute Gasteiger partial charge is 0.360 e. The Bertz CT molecular complexity index is 985. The number of rotatable bonds is 6. The number of amides is 2. The number of hydrogen-bond acceptors (Lipinski definition) is 4. The highest BCUT2D eigenvalue weighted by Gasteiger charge is 2.50. The third-order valence-electron chi connectivity index (χ3n) is 5.26. The molecule has 0 bridgehead atoms. The maximum Gasteiger partial charge on any atom is 0.238 e. The predicted octanol–water partition coefficient (Wildman–Crippen LogP) is 2.84. The van der Waals surface area contributed by atoms with E-state index in [0.29, 0.717) is 12.2 Å². The molecule has 6 heteroatoms. The van der Waals surface area contributed by atoms with Crippen LogP contribution in [0.25, 0.3) is 0 Å². The number of carbonyl (C=O) groups excluding carboxylic acids is 2. The number of aromatic nitrogens is 1. The Balaban J connectivity index is 1.66. The molecular weight excluding hydrogens is 354 g/mol. The second-order valence-electron chi connectivity index (χ2n) is 7.06. The van der Waals surface area contributed by atoms with E-state index in [-0.39, 0.29) is 24.8 Å². The fraction of sp³-hybridized carbons (Fsp3) is 0.227. The summed E-state index contributed by atoms with van der Waals surface area (Å²) in [5.41, 5.74) is 1.83. The number of para-hydroxylation sites is 1. The monoisotopic (exact) mass is 375 g/mol. The normalized spacial score (nSPS) is 18.2. The van der Waals surface area contributed by atoms with Crippen molar-refractivity contribution < 1.29 is 14.1 Å². The van der Waals surface area contributed by atoms with Gasteiger partial charge in [-0.3, -0.25) is 9.59 Å². The fourth-order valence-electron chi connectivity index (χ4n) is 3.92. The van der Waals surface area contributed by atoms with E-state index in [4.69, 9.17) is 4.52 Å². The Kier molecular flexibility index (Phi) is 4.69. The maximum atomic E-state index is 13.4. The lowest BCUT2D eigenvalue weighted by molar-refractivity contribution is -0.129. The highest BCUT2D eigenvalue weighted by molar-refractivity contribution is 6.09. The average Bonchev–Trinajstić information content (AvgIpc) is 3.31. The van der Waals surface area contributed by atoms with Crippen LogP contribution in [0.3, 0.4) is 0 Å². The number of fused-ring (bicyclic) bond motifs is 1. The molecule has 2 amide bonds. The lowest BCUT2D eigenvalue weighted by Gasteiger charge is -2.28. The minimum Gasteiger partial charge on any atom is -0.360 e. The molecular formula is C22H21N3O3. The van der Waals surface area contributed by atoms with Crippen molar-refractivity contribution in [2.24, 2.45) is 0 Å². The van der Waals surface area contributed by atoms with Gasteiger partial charge in [-0.05, 0) is 23.6 Å². The molecule has 1 N–H and O–H groups in total. The van der Waals surface area contributed by atoms with E-state index in [1.165, 1.54) is 6.20 Å². The summed E-state index contributed by atoms with van der Waals surface area (Å²) >= 11 is 0. The summed E-state index contributed by atoms with van der Waals surface area (Å²) in [5, 5.41) is 6.48. The smallest absolute Gasteiger partial charge is 0.238 e. The topological polar surface area (TPSA) is 75.4 Å². The van der Waals surface area contributed by atoms with Crippen LogP contribution in [0.2, 0.25) is 0 Å². The van der Waals surface area contributed by atoms with Gasteiger partial charge >= 0.3 is 0 Å². The van der Waals surface area contributed by atoms with Gasteiger partial charge in [-0.2, -0.15) is 0 Å². The summed E-state index contributed by atoms with van der Waals surface area (Å²) in [6, 6.07) is 19.2. The summed E-state index contributed by atoms with van der Waals surface area (Å²) < 4.78 is 5.03. The number of carbonyl (C=O) groups is 2. The van der Waals surface area contributed by atoms with Gasteiger partial charge in [0.25, 0.3) is 0 Å². The SMILES string of the molecule is CN1C(=O)C(CC(=O)NCc2ccno2)(Cc2ccccc2)c2ccccc21. The summed E-state index contributed by atoms with van der Waals surface area (Å²) in [4.78, 5) is 27.8. The van der Waals surface area contributed by atoms with Gasteiger partial charge in [-0.15, -0.1) is 0 Å². The molecule has 0 spiro atoms. The van der Waals surface area contributed by atoms with Gasteiger partial charge in [-0.25, -0.2) is 0 Å². The van der Waals surface area contributed by atoms with Gasteiger partial charge in [0, 0.05) is 25.2 Å². The second-order valence-corrected chi connectivity index (χ2v) is 7.06. The first kappa shape index (κ1) is 18.0. The number of likely N-dealkylation sites (N-methyl/N-ethyl adjacent to an activating group) is 1. The van der Waals surface area contributed by atoms with E-state index in [2.05, 4.69) is 10.5 Å². The molecule has 1 aliphatic rings. The zero-order valence-corrected chi connectivity index (χ0v) is 15.6. The van der Waals surface area contributed by atoms with Gasteiger partial charge in [0.1, 0.15) is 0 Å². The summed E-state index contributed by atoms with van der Waals surface area (Å²) in [6.45, 7) is 0.242. The first-order chi connectivity index (χ1) is 13.6. The van der Waals surface area contributed by atoms with E-state index in [1.54, 1.807) is 18.0 Å². The van der Waals surface area contributed by atoms with Crippen LogP contribution in [-0.4, -0.2) is 24.0 Å². The van der Waals surface area contributed by atoms with Crippen molar-refractivity contribution in [1.82, 2.24) is 10.5 Å². The molecule has 0 saturated heterocycles. The highest BCUT2D eigenvalue weighted by atomic mass is 16.5. The van der Waals surface area contributed by atoms with E-state index >= 15 is 0 Å². The van der Waals surface area contributed by atoms with Crippen LogP contribution in [0.5, 0.6) is 0 Å². The Morgan fingerprint density at radius 1 is 1.11 bits per heavy atom. The summed E-state index contributed by atoms with van der Waals surface area (Å²) in [7, 11) is 1.76. The number of hydrogen-bond donors (Lipinski definition) is 1. The zero-order valence-electron chi connectivity index (χ0n) is 15.6. The van der Waals surface area contributed by atoms with E-state index in [9.17, 15) is 9.59 Å². The highest BCUT2D eigenvalue weighted by Crippen LogP contribution is 2.45. The van der Waals surface area contributed by atoms with Gasteiger partial charge in [0.15, 0.2) is 5.76 Å². The summed E-state index contributed by atoms with van der Waals surface area (Å²) in [6.07, 6.45) is 2.06. The van der Waals surface area contributed by atoms with Crippen molar-refractivity contribution in [1.29, 1.82) is 0 Å². The van der Waals surface area contributed by atoms with Crippen LogP contribution >= 0.6 is 0 Å². The van der Waals surface area contributed by atoms with Crippen LogP contribution in [-0.2, 0) is 28.0 Å². The molecule has 142 valence electrons. The van der Waals surface area contributed by atoms with Crippen molar-refractivity contribution in [2.45, 2.75) is 24.8 Å². The van der Waals surface area contributed by atoms with Gasteiger partial charge < -0.3 is 14.7 Å². The third-order valence-corrected chi connectivity index (χ3v) is 5.26. The van der Waals surface area contributed by atoms with Gasteiger partial charge in [-0.1, -0.05) is 53.7 Å². The molecule has 2 aromatic carbocycles. The minimum atomic E-state index is -0.932. The van der Waals surface area contributed by atoms with Crippen LogP contribution in [0.15, 0.2) is 71.4 Å². The zero-order chi connectivity index (χ0) is 19.6. The van der Waals surface area contributed by atoms with Crippen molar-refractivity contribution in [3.05, 3.63) is 83.7 Å². The third kappa shape index (κ3) is 3.17. The second kappa shape index (κ2) is 7.31. The quantitative estimate of drug-likeness (QED) is 0.719. The van der Waals surface area contributed by atoms with E-state index in [1.807, 2.05) is 54.6 Å². The Morgan fingerprint density at radius 2 is 1.86 bits per heavy atom. The molecule has 28 heavy (non-hydrogen) atoms. The Morgan fingerprint density at radius 3 is 2.61 bits per heavy atom. The van der Waals surface area contributed by atoms with Crippen molar-refractivity contribution >= 4 is 17.5 Å². The molecule has 1 aliphatic heterocycles. The molecule has 0 radical (unpaired) electrons.